The monoisotopic (exact) mass is 287 g/mol. The minimum atomic E-state index is -0.777. The van der Waals surface area contributed by atoms with E-state index in [1.807, 2.05) is 0 Å². The summed E-state index contributed by atoms with van der Waals surface area (Å²) >= 11 is 0. The molecule has 0 aliphatic heterocycles. The lowest BCUT2D eigenvalue weighted by Crippen LogP contribution is -2.00. The second-order valence-electron chi connectivity index (χ2n) is 4.43. The number of hydrogen-bond acceptors (Lipinski definition) is 6. The number of rotatable bonds is 1. The Labute approximate surface area is 119 Å². The van der Waals surface area contributed by atoms with Gasteiger partial charge in [-0.2, -0.15) is 0 Å². The van der Waals surface area contributed by atoms with Crippen molar-refractivity contribution in [2.75, 3.05) is 0 Å². The Bertz CT molecular complexity index is 960. The van der Waals surface area contributed by atoms with Gasteiger partial charge < -0.3 is 24.8 Å². The van der Waals surface area contributed by atoms with Crippen LogP contribution in [0.2, 0.25) is 0 Å². The molecular weight excluding hydrogens is 276 g/mol. The molecule has 0 spiro atoms. The zero-order valence-electron chi connectivity index (χ0n) is 11.5. The van der Waals surface area contributed by atoms with E-state index in [1.165, 1.54) is 12.1 Å². The van der Waals surface area contributed by atoms with Crippen LogP contribution in [0, 0.1) is 0 Å². The van der Waals surface area contributed by atoms with Crippen LogP contribution in [0.1, 0.15) is 1.37 Å². The third-order valence-electron chi connectivity index (χ3n) is 2.97. The van der Waals surface area contributed by atoms with Crippen LogP contribution in [0.3, 0.4) is 0 Å². The molecule has 0 aliphatic carbocycles. The van der Waals surface area contributed by atoms with Crippen molar-refractivity contribution in [2.24, 2.45) is 0 Å². The average molecular weight is 287 g/mol. The molecule has 3 aromatic rings. The first-order valence-electron chi connectivity index (χ1n) is 6.40. The highest BCUT2D eigenvalue weighted by atomic mass is 16.3. The number of aromatic hydroxyl groups is 4. The Morgan fingerprint density at radius 3 is 2.43 bits per heavy atom. The van der Waals surface area contributed by atoms with Gasteiger partial charge in [0.2, 0.25) is 0 Å². The van der Waals surface area contributed by atoms with Gasteiger partial charge >= 0.3 is 0 Å². The predicted octanol–water partition coefficient (Wildman–Crippen LogP) is 2.28. The van der Waals surface area contributed by atoms with Gasteiger partial charge in [0.05, 0.1) is 1.37 Å². The van der Waals surface area contributed by atoms with Crippen molar-refractivity contribution in [1.29, 1.82) is 0 Å². The molecule has 6 nitrogen and oxygen atoms in total. The van der Waals surface area contributed by atoms with Crippen molar-refractivity contribution in [3.63, 3.8) is 0 Å². The van der Waals surface area contributed by atoms with Crippen LogP contribution < -0.4 is 5.43 Å². The molecule has 1 aromatic heterocycles. The summed E-state index contributed by atoms with van der Waals surface area (Å²) in [6, 6.07) is 5.29. The van der Waals surface area contributed by atoms with E-state index in [2.05, 4.69) is 0 Å². The molecule has 0 atom stereocenters. The van der Waals surface area contributed by atoms with Gasteiger partial charge in [0.1, 0.15) is 28.2 Å². The highest BCUT2D eigenvalue weighted by Crippen LogP contribution is 2.33. The molecule has 6 heteroatoms. The summed E-state index contributed by atoms with van der Waals surface area (Å²) in [5.41, 5.74) is -0.676. The van der Waals surface area contributed by atoms with Crippen LogP contribution in [0.5, 0.6) is 23.0 Å². The van der Waals surface area contributed by atoms with Gasteiger partial charge in [-0.3, -0.25) is 4.79 Å². The van der Waals surface area contributed by atoms with Gasteiger partial charge in [-0.15, -0.1) is 0 Å². The van der Waals surface area contributed by atoms with Gasteiger partial charge in [-0.25, -0.2) is 0 Å². The summed E-state index contributed by atoms with van der Waals surface area (Å²) in [6.45, 7) is 0. The molecule has 0 saturated carbocycles. The Morgan fingerprint density at radius 1 is 0.952 bits per heavy atom. The summed E-state index contributed by atoms with van der Waals surface area (Å²) < 4.78 is 13.3. The van der Waals surface area contributed by atoms with E-state index in [-0.39, 0.29) is 33.8 Å². The smallest absolute Gasteiger partial charge is 0.197 e. The van der Waals surface area contributed by atoms with E-state index in [4.69, 9.17) is 5.79 Å². The van der Waals surface area contributed by atoms with Gasteiger partial charge in [-0.05, 0) is 18.2 Å². The van der Waals surface area contributed by atoms with Crippen LogP contribution in [0.25, 0.3) is 22.3 Å². The molecule has 0 radical (unpaired) electrons. The molecule has 0 aliphatic rings. The van der Waals surface area contributed by atoms with Gasteiger partial charge in [-0.1, -0.05) is 0 Å². The van der Waals surface area contributed by atoms with E-state index in [0.29, 0.717) is 0 Å². The zero-order chi connectivity index (χ0) is 16.0. The maximum Gasteiger partial charge on any atom is 0.197 e. The van der Waals surface area contributed by atoms with Gasteiger partial charge in [0.25, 0.3) is 0 Å². The highest BCUT2D eigenvalue weighted by Gasteiger charge is 2.13. The van der Waals surface area contributed by atoms with Crippen LogP contribution in [-0.4, -0.2) is 20.4 Å². The van der Waals surface area contributed by atoms with Gasteiger partial charge in [0, 0.05) is 23.7 Å². The first kappa shape index (κ1) is 11.7. The number of fused-ring (bicyclic) bond motifs is 1. The van der Waals surface area contributed by atoms with Crippen LogP contribution in [0.15, 0.2) is 45.6 Å². The van der Waals surface area contributed by atoms with Gasteiger partial charge in [0.15, 0.2) is 16.9 Å². The van der Waals surface area contributed by atoms with Crippen molar-refractivity contribution in [3.8, 4) is 34.3 Å². The standard InChI is InChI=1S/C15H10O6/c16-8-4-11(19)15-12(20)6-13(21-14(15)5-8)7-1-2-9(17)10(18)3-7/h1-6,16-19H/i6D. The Balaban J connectivity index is 2.38. The van der Waals surface area contributed by atoms with Crippen molar-refractivity contribution >= 4 is 11.0 Å². The third kappa shape index (κ3) is 2.12. The topological polar surface area (TPSA) is 111 Å². The lowest BCUT2D eigenvalue weighted by molar-refractivity contribution is 0.404. The molecule has 0 saturated heterocycles. The fourth-order valence-electron chi connectivity index (χ4n) is 1.99. The Morgan fingerprint density at radius 2 is 1.71 bits per heavy atom. The maximum absolute atomic E-state index is 12.2. The molecule has 3 rings (SSSR count). The molecule has 106 valence electrons. The summed E-state index contributed by atoms with van der Waals surface area (Å²) in [7, 11) is 0. The second kappa shape index (κ2) is 4.45. The fourth-order valence-corrected chi connectivity index (χ4v) is 1.99. The van der Waals surface area contributed by atoms with E-state index in [1.54, 1.807) is 0 Å². The van der Waals surface area contributed by atoms with Crippen LogP contribution >= 0.6 is 0 Å². The third-order valence-corrected chi connectivity index (χ3v) is 2.97. The van der Waals surface area contributed by atoms with Crippen molar-refractivity contribution in [2.45, 2.75) is 0 Å². The predicted molar refractivity (Wildman–Crippen MR) is 74.6 cm³/mol. The fraction of sp³-hybridized carbons (Fsp3) is 0. The first-order chi connectivity index (χ1) is 10.4. The molecular formula is C15H10O6. The summed E-state index contributed by atoms with van der Waals surface area (Å²) in [4.78, 5) is 12.2. The van der Waals surface area contributed by atoms with E-state index in [0.717, 1.165) is 18.2 Å². The van der Waals surface area contributed by atoms with Crippen LogP contribution in [0.4, 0.5) is 0 Å². The summed E-state index contributed by atoms with van der Waals surface area (Å²) in [6.07, 6.45) is 0. The normalized spacial score (nSPS) is 11.5. The Kier molecular flexibility index (Phi) is 2.47. The molecule has 2 aromatic carbocycles. The molecule has 1 heterocycles. The molecule has 21 heavy (non-hydrogen) atoms. The van der Waals surface area contributed by atoms with Crippen molar-refractivity contribution in [3.05, 3.63) is 46.6 Å². The lowest BCUT2D eigenvalue weighted by Gasteiger charge is -2.06. The van der Waals surface area contributed by atoms with E-state index in [9.17, 15) is 25.2 Å². The van der Waals surface area contributed by atoms with E-state index < -0.39 is 23.0 Å². The van der Waals surface area contributed by atoms with E-state index >= 15 is 0 Å². The highest BCUT2D eigenvalue weighted by molar-refractivity contribution is 5.86. The minimum Gasteiger partial charge on any atom is -0.508 e. The Hall–Kier alpha value is -3.15. The minimum absolute atomic E-state index is 0.0962. The summed E-state index contributed by atoms with van der Waals surface area (Å²) in [5.74, 6) is -1.73. The zero-order valence-corrected chi connectivity index (χ0v) is 10.5. The average Bonchev–Trinajstić information content (AvgIpc) is 2.45. The number of phenols is 4. The lowest BCUT2D eigenvalue weighted by atomic mass is 10.1. The SMILES string of the molecule is [2H]c1c(-c2ccc(O)c(O)c2)oc2cc(O)cc(O)c2c1=O. The number of benzene rings is 2. The largest absolute Gasteiger partial charge is 0.508 e. The van der Waals surface area contributed by atoms with Crippen LogP contribution in [-0.2, 0) is 0 Å². The molecule has 0 fully saturated rings. The maximum atomic E-state index is 12.2. The number of phenolic OH excluding ortho intramolecular Hbond substituents is 4. The van der Waals surface area contributed by atoms with Crippen molar-refractivity contribution < 1.29 is 26.2 Å². The van der Waals surface area contributed by atoms with Crippen molar-refractivity contribution in [1.82, 2.24) is 0 Å². The molecule has 0 unspecified atom stereocenters. The quantitative estimate of drug-likeness (QED) is 0.511. The second-order valence-corrected chi connectivity index (χ2v) is 4.43. The molecule has 0 amide bonds. The summed E-state index contributed by atoms with van der Waals surface area (Å²) in [5, 5.41) is 37.8. The molecule has 0 bridgehead atoms. The number of hydrogen-bond donors (Lipinski definition) is 4. The molecule has 4 N–H and O–H groups in total. The first-order valence-corrected chi connectivity index (χ1v) is 5.90.